The first-order chi connectivity index (χ1) is 6.02. The van der Waals surface area contributed by atoms with Crippen molar-refractivity contribution >= 4 is 0 Å². The van der Waals surface area contributed by atoms with Crippen LogP contribution in [-0.2, 0) is 0 Å². The molecule has 0 aromatic carbocycles. The molecule has 0 aliphatic rings. The van der Waals surface area contributed by atoms with Crippen LogP contribution in [0.3, 0.4) is 0 Å². The van der Waals surface area contributed by atoms with Gasteiger partial charge in [0.05, 0.1) is 14.1 Å². The van der Waals surface area contributed by atoms with E-state index in [1.165, 1.54) is 12.8 Å². The average Bonchev–Trinajstić information content (AvgIpc) is 2.02. The molecular formula is C10H22N2O. The highest BCUT2D eigenvalue weighted by molar-refractivity contribution is 4.78. The lowest BCUT2D eigenvalue weighted by Gasteiger charge is -2.40. The van der Waals surface area contributed by atoms with Crippen LogP contribution in [0.5, 0.6) is 0 Å². The van der Waals surface area contributed by atoms with Crippen LogP contribution in [0.1, 0.15) is 26.2 Å². The second-order valence-electron chi connectivity index (χ2n) is 3.78. The van der Waals surface area contributed by atoms with Crippen molar-refractivity contribution in [3.05, 3.63) is 17.9 Å². The van der Waals surface area contributed by atoms with Gasteiger partial charge in [-0.2, -0.15) is 0 Å². The number of unbranched alkanes of at least 4 members (excludes halogenated alkanes) is 2. The van der Waals surface area contributed by atoms with Crippen molar-refractivity contribution < 1.29 is 4.65 Å². The number of hydrogen-bond acceptors (Lipinski definition) is 2. The fourth-order valence-corrected chi connectivity index (χ4v) is 1.18. The number of quaternary nitrogens is 1. The number of nitrogens with one attached hydrogen (secondary N) is 1. The van der Waals surface area contributed by atoms with Gasteiger partial charge < -0.3 is 9.85 Å². The Morgan fingerprint density at radius 3 is 2.46 bits per heavy atom. The molecule has 0 amide bonds. The molecule has 3 nitrogen and oxygen atoms in total. The Labute approximate surface area is 81.6 Å². The first kappa shape index (κ1) is 12.6. The fourth-order valence-electron chi connectivity index (χ4n) is 1.18. The molecule has 0 radical (unpaired) electrons. The molecule has 0 aromatic heterocycles. The molecule has 0 fully saturated rings. The van der Waals surface area contributed by atoms with Crippen molar-refractivity contribution in [1.29, 1.82) is 0 Å². The molecule has 0 aliphatic heterocycles. The summed E-state index contributed by atoms with van der Waals surface area (Å²) >= 11 is 0. The average molecular weight is 186 g/mol. The lowest BCUT2D eigenvalue weighted by Crippen LogP contribution is -2.51. The summed E-state index contributed by atoms with van der Waals surface area (Å²) in [5.74, 6) is 0. The first-order valence-electron chi connectivity index (χ1n) is 4.93. The molecule has 1 atom stereocenters. The molecule has 13 heavy (non-hydrogen) atoms. The maximum absolute atomic E-state index is 11.5. The van der Waals surface area contributed by atoms with Crippen molar-refractivity contribution in [3.63, 3.8) is 0 Å². The third-order valence-electron chi connectivity index (χ3n) is 2.03. The van der Waals surface area contributed by atoms with Gasteiger partial charge >= 0.3 is 0 Å². The van der Waals surface area contributed by atoms with E-state index in [1.807, 2.05) is 0 Å². The number of hydroxylamine groups is 3. The number of likely N-dealkylation sites (N-methyl/N-ethyl adjacent to an activating group) is 1. The summed E-state index contributed by atoms with van der Waals surface area (Å²) in [6.45, 7) is 6.71. The van der Waals surface area contributed by atoms with Crippen LogP contribution in [-0.4, -0.2) is 31.5 Å². The number of rotatable bonds is 7. The molecule has 0 saturated carbocycles. The van der Waals surface area contributed by atoms with Crippen LogP contribution in [0.2, 0.25) is 0 Å². The molecule has 78 valence electrons. The quantitative estimate of drug-likeness (QED) is 0.216. The van der Waals surface area contributed by atoms with Crippen LogP contribution in [0.25, 0.3) is 0 Å². The van der Waals surface area contributed by atoms with Crippen LogP contribution in [0.4, 0.5) is 0 Å². The molecule has 1 N–H and O–H groups in total. The second-order valence-corrected chi connectivity index (χ2v) is 3.78. The molecule has 0 heterocycles. The van der Waals surface area contributed by atoms with Crippen LogP contribution < -0.4 is 5.32 Å². The minimum absolute atomic E-state index is 0.183. The predicted molar refractivity (Wildman–Crippen MR) is 57.0 cm³/mol. The minimum atomic E-state index is -0.352. The van der Waals surface area contributed by atoms with Crippen molar-refractivity contribution in [1.82, 2.24) is 5.32 Å². The van der Waals surface area contributed by atoms with Gasteiger partial charge in [-0.05, 0) is 12.5 Å². The largest absolute Gasteiger partial charge is 0.632 e. The smallest absolute Gasteiger partial charge is 0.161 e. The molecular weight excluding hydrogens is 164 g/mol. The van der Waals surface area contributed by atoms with E-state index in [0.29, 0.717) is 0 Å². The van der Waals surface area contributed by atoms with E-state index in [9.17, 15) is 5.21 Å². The summed E-state index contributed by atoms with van der Waals surface area (Å²) in [6.07, 6.45) is 5.04. The Morgan fingerprint density at radius 2 is 2.08 bits per heavy atom. The first-order valence-corrected chi connectivity index (χ1v) is 4.93. The molecule has 0 aliphatic carbocycles. The van der Waals surface area contributed by atoms with E-state index >= 15 is 0 Å². The van der Waals surface area contributed by atoms with Crippen molar-refractivity contribution in [3.8, 4) is 0 Å². The van der Waals surface area contributed by atoms with Crippen molar-refractivity contribution in [2.75, 3.05) is 20.6 Å². The Kier molecular flexibility index (Phi) is 5.95. The van der Waals surface area contributed by atoms with Crippen molar-refractivity contribution in [2.24, 2.45) is 0 Å². The van der Waals surface area contributed by atoms with Gasteiger partial charge in [-0.1, -0.05) is 26.3 Å². The zero-order valence-corrected chi connectivity index (χ0v) is 9.05. The standard InChI is InChI=1S/C10H22N2O/c1-5-7-8-9-11-10(6-2)12(3,4)13/h6,10-11H,2,5,7-9H2,1,3-4H3. The lowest BCUT2D eigenvalue weighted by molar-refractivity contribution is -0.862. The van der Waals surface area contributed by atoms with E-state index in [1.54, 1.807) is 20.2 Å². The van der Waals surface area contributed by atoms with Gasteiger partial charge in [0.2, 0.25) is 0 Å². The molecule has 1 unspecified atom stereocenters. The van der Waals surface area contributed by atoms with Crippen LogP contribution >= 0.6 is 0 Å². The van der Waals surface area contributed by atoms with E-state index < -0.39 is 0 Å². The van der Waals surface area contributed by atoms with Gasteiger partial charge in [0, 0.05) is 6.54 Å². The minimum Gasteiger partial charge on any atom is -0.632 e. The van der Waals surface area contributed by atoms with Gasteiger partial charge in [-0.15, -0.1) is 0 Å². The van der Waals surface area contributed by atoms with Crippen molar-refractivity contribution in [2.45, 2.75) is 32.4 Å². The highest BCUT2D eigenvalue weighted by Gasteiger charge is 2.14. The van der Waals surface area contributed by atoms with Gasteiger partial charge in [-0.3, -0.25) is 5.32 Å². The number of hydrogen-bond donors (Lipinski definition) is 1. The Hall–Kier alpha value is -0.380. The molecule has 3 heteroatoms. The second kappa shape index (κ2) is 6.13. The monoisotopic (exact) mass is 186 g/mol. The molecule has 0 aromatic rings. The Balaban J connectivity index is 3.67. The van der Waals surface area contributed by atoms with Gasteiger partial charge in [-0.25, -0.2) is 0 Å². The maximum Gasteiger partial charge on any atom is 0.161 e. The van der Waals surface area contributed by atoms with E-state index in [2.05, 4.69) is 18.8 Å². The summed E-state index contributed by atoms with van der Waals surface area (Å²) in [7, 11) is 3.25. The maximum atomic E-state index is 11.5. The SMILES string of the molecule is C=CC(NCCCCC)[N+](C)(C)[O-]. The molecule has 0 rings (SSSR count). The normalized spacial score (nSPS) is 14.2. The van der Waals surface area contributed by atoms with E-state index in [-0.39, 0.29) is 10.8 Å². The molecule has 0 spiro atoms. The third-order valence-corrected chi connectivity index (χ3v) is 2.03. The van der Waals surface area contributed by atoms with Gasteiger partial charge in [0.15, 0.2) is 6.17 Å². The molecule has 0 saturated heterocycles. The van der Waals surface area contributed by atoms with Crippen LogP contribution in [0.15, 0.2) is 12.7 Å². The topological polar surface area (TPSA) is 35.1 Å². The zero-order chi connectivity index (χ0) is 10.3. The van der Waals surface area contributed by atoms with E-state index in [4.69, 9.17) is 0 Å². The highest BCUT2D eigenvalue weighted by atomic mass is 16.5. The van der Waals surface area contributed by atoms with Gasteiger partial charge in [0.1, 0.15) is 0 Å². The summed E-state index contributed by atoms with van der Waals surface area (Å²) in [5, 5.41) is 14.7. The summed E-state index contributed by atoms with van der Waals surface area (Å²) in [4.78, 5) is 0. The lowest BCUT2D eigenvalue weighted by atomic mass is 10.2. The predicted octanol–water partition coefficient (Wildman–Crippen LogP) is 1.85. The fraction of sp³-hybridized carbons (Fsp3) is 0.800. The summed E-state index contributed by atoms with van der Waals surface area (Å²) < 4.78 is -0.352. The summed E-state index contributed by atoms with van der Waals surface area (Å²) in [6, 6.07) is 0. The van der Waals surface area contributed by atoms with E-state index in [0.717, 1.165) is 13.0 Å². The summed E-state index contributed by atoms with van der Waals surface area (Å²) in [5.41, 5.74) is 0. The molecule has 0 bridgehead atoms. The third kappa shape index (κ3) is 5.80. The van der Waals surface area contributed by atoms with Crippen LogP contribution in [0, 0.1) is 5.21 Å². The zero-order valence-electron chi connectivity index (χ0n) is 9.05. The highest BCUT2D eigenvalue weighted by Crippen LogP contribution is 2.02. The Bertz CT molecular complexity index is 140. The number of nitrogens with zero attached hydrogens (tertiary/aromatic N) is 1. The van der Waals surface area contributed by atoms with Gasteiger partial charge in [0.25, 0.3) is 0 Å². The Morgan fingerprint density at radius 1 is 1.46 bits per heavy atom.